The Hall–Kier alpha value is -3.28. The summed E-state index contributed by atoms with van der Waals surface area (Å²) in [5.41, 5.74) is 3.69. The largest absolute Gasteiger partial charge is 0.347 e. The molecule has 0 aliphatic carbocycles. The summed E-state index contributed by atoms with van der Waals surface area (Å²) in [6.45, 7) is 2.33. The molecule has 6 heteroatoms. The van der Waals surface area contributed by atoms with Crippen LogP contribution in [0.2, 0.25) is 0 Å². The van der Waals surface area contributed by atoms with Gasteiger partial charge in [0.1, 0.15) is 0 Å². The van der Waals surface area contributed by atoms with Gasteiger partial charge in [-0.25, -0.2) is 9.97 Å². The van der Waals surface area contributed by atoms with E-state index in [1.54, 1.807) is 17.3 Å². The van der Waals surface area contributed by atoms with Crippen LogP contribution in [0.4, 0.5) is 5.95 Å². The van der Waals surface area contributed by atoms with Crippen LogP contribution in [-0.2, 0) is 11.3 Å². The van der Waals surface area contributed by atoms with Gasteiger partial charge in [-0.2, -0.15) is 0 Å². The lowest BCUT2D eigenvalue weighted by Gasteiger charge is -2.23. The molecule has 2 aromatic heterocycles. The van der Waals surface area contributed by atoms with Crippen LogP contribution < -0.4 is 4.90 Å². The first kappa shape index (κ1) is 19.5. The van der Waals surface area contributed by atoms with Crippen molar-refractivity contribution in [3.63, 3.8) is 0 Å². The molecule has 2 heterocycles. The molecule has 1 atom stereocenters. The van der Waals surface area contributed by atoms with Gasteiger partial charge >= 0.3 is 0 Å². The van der Waals surface area contributed by atoms with Gasteiger partial charge in [0.05, 0.1) is 18.2 Å². The first-order valence-electron chi connectivity index (χ1n) is 9.21. The molecule has 0 saturated heterocycles. The Bertz CT molecular complexity index is 928. The maximum Gasteiger partial charge on any atom is 0.229 e. The summed E-state index contributed by atoms with van der Waals surface area (Å²) in [6.07, 6.45) is 5.29. The lowest BCUT2D eigenvalue weighted by atomic mass is 9.99. The van der Waals surface area contributed by atoms with E-state index >= 15 is 0 Å². The topological polar surface area (TPSA) is 62.2 Å². The zero-order valence-electron chi connectivity index (χ0n) is 16.7. The van der Waals surface area contributed by atoms with Crippen molar-refractivity contribution in [1.82, 2.24) is 19.9 Å². The predicted octanol–water partition coefficient (Wildman–Crippen LogP) is 3.37. The summed E-state index contributed by atoms with van der Waals surface area (Å²) in [5, 5.41) is 0. The van der Waals surface area contributed by atoms with Gasteiger partial charge in [0.2, 0.25) is 11.9 Å². The van der Waals surface area contributed by atoms with Crippen molar-refractivity contribution < 1.29 is 4.79 Å². The number of hydrogen-bond donors (Lipinski definition) is 0. The number of amides is 1. The van der Waals surface area contributed by atoms with Crippen LogP contribution >= 0.6 is 0 Å². The van der Waals surface area contributed by atoms with E-state index < -0.39 is 0 Å². The molecule has 0 spiro atoms. The number of benzene rings is 1. The average Bonchev–Trinajstić information content (AvgIpc) is 2.73. The number of carbonyl (C=O) groups excluding carboxylic acids is 1. The van der Waals surface area contributed by atoms with Gasteiger partial charge in [-0.1, -0.05) is 30.3 Å². The molecule has 3 rings (SSSR count). The molecule has 0 saturated carbocycles. The zero-order valence-corrected chi connectivity index (χ0v) is 16.7. The number of anilines is 1. The third kappa shape index (κ3) is 4.34. The van der Waals surface area contributed by atoms with Crippen LogP contribution in [0.5, 0.6) is 0 Å². The first-order chi connectivity index (χ1) is 13.5. The fourth-order valence-corrected chi connectivity index (χ4v) is 3.03. The highest BCUT2D eigenvalue weighted by Crippen LogP contribution is 2.25. The van der Waals surface area contributed by atoms with E-state index in [4.69, 9.17) is 4.98 Å². The standard InChI is InChI=1S/C22H25N5O/c1-16(17-8-6-5-7-9-17)21(28)27(4)15-20-19(18-10-12-23-13-11-18)14-24-22(25-20)26(2)3/h5-14,16H,15H2,1-4H3/t16-/m0/s1. The van der Waals surface area contributed by atoms with E-state index in [9.17, 15) is 4.79 Å². The normalized spacial score (nSPS) is 11.7. The highest BCUT2D eigenvalue weighted by atomic mass is 16.2. The highest BCUT2D eigenvalue weighted by molar-refractivity contribution is 5.83. The summed E-state index contributed by atoms with van der Waals surface area (Å²) in [5.74, 6) is 0.451. The van der Waals surface area contributed by atoms with Gasteiger partial charge in [0.15, 0.2) is 0 Å². The maximum atomic E-state index is 13.0. The third-order valence-corrected chi connectivity index (χ3v) is 4.68. The van der Waals surface area contributed by atoms with Crippen molar-refractivity contribution in [1.29, 1.82) is 0 Å². The summed E-state index contributed by atoms with van der Waals surface area (Å²) >= 11 is 0. The van der Waals surface area contributed by atoms with Gasteiger partial charge in [-0.05, 0) is 30.2 Å². The first-order valence-corrected chi connectivity index (χ1v) is 9.21. The Balaban J connectivity index is 1.89. The Labute approximate surface area is 165 Å². The molecule has 0 fully saturated rings. The molecule has 1 aromatic carbocycles. The molecule has 0 N–H and O–H groups in total. The number of nitrogens with zero attached hydrogens (tertiary/aromatic N) is 5. The van der Waals surface area contributed by atoms with E-state index in [0.29, 0.717) is 12.5 Å². The molecule has 1 amide bonds. The number of likely N-dealkylation sites (N-methyl/N-ethyl adjacent to an activating group) is 1. The van der Waals surface area contributed by atoms with Gasteiger partial charge in [-0.3, -0.25) is 9.78 Å². The van der Waals surface area contributed by atoms with Gasteiger partial charge in [0.25, 0.3) is 0 Å². The van der Waals surface area contributed by atoms with Crippen LogP contribution in [0.1, 0.15) is 24.1 Å². The van der Waals surface area contributed by atoms with Crippen molar-refractivity contribution in [2.24, 2.45) is 0 Å². The van der Waals surface area contributed by atoms with Gasteiger partial charge < -0.3 is 9.80 Å². The number of pyridine rings is 1. The van der Waals surface area contributed by atoms with Crippen molar-refractivity contribution >= 4 is 11.9 Å². The van der Waals surface area contributed by atoms with Crippen LogP contribution in [0.3, 0.4) is 0 Å². The maximum absolute atomic E-state index is 13.0. The number of hydrogen-bond acceptors (Lipinski definition) is 5. The molecule has 3 aromatic rings. The lowest BCUT2D eigenvalue weighted by molar-refractivity contribution is -0.131. The zero-order chi connectivity index (χ0) is 20.1. The molecule has 0 aliphatic rings. The van der Waals surface area contributed by atoms with Gasteiger partial charge in [-0.15, -0.1) is 0 Å². The quantitative estimate of drug-likeness (QED) is 0.661. The summed E-state index contributed by atoms with van der Waals surface area (Å²) in [4.78, 5) is 29.8. The van der Waals surface area contributed by atoms with Crippen LogP contribution in [0, 0.1) is 0 Å². The van der Waals surface area contributed by atoms with Crippen molar-refractivity contribution in [3.05, 3.63) is 72.3 Å². The number of carbonyl (C=O) groups is 1. The smallest absolute Gasteiger partial charge is 0.229 e. The van der Waals surface area contributed by atoms with Crippen LogP contribution in [-0.4, -0.2) is 46.9 Å². The van der Waals surface area contributed by atoms with Crippen LogP contribution in [0.15, 0.2) is 61.1 Å². The molecule has 0 unspecified atom stereocenters. The second-order valence-corrected chi connectivity index (χ2v) is 6.99. The Morgan fingerprint density at radius 1 is 1.04 bits per heavy atom. The highest BCUT2D eigenvalue weighted by Gasteiger charge is 2.21. The van der Waals surface area contributed by atoms with Crippen molar-refractivity contribution in [2.45, 2.75) is 19.4 Å². The molecule has 0 bridgehead atoms. The van der Waals surface area contributed by atoms with E-state index in [2.05, 4.69) is 9.97 Å². The van der Waals surface area contributed by atoms with E-state index in [1.165, 1.54) is 0 Å². The lowest BCUT2D eigenvalue weighted by Crippen LogP contribution is -2.31. The summed E-state index contributed by atoms with van der Waals surface area (Å²) < 4.78 is 0. The Kier molecular flexibility index (Phi) is 5.99. The monoisotopic (exact) mass is 375 g/mol. The Morgan fingerprint density at radius 3 is 2.36 bits per heavy atom. The second kappa shape index (κ2) is 8.61. The minimum atomic E-state index is -0.217. The van der Waals surface area contributed by atoms with E-state index in [1.807, 2.05) is 81.6 Å². The second-order valence-electron chi connectivity index (χ2n) is 6.99. The number of rotatable bonds is 6. The molecular weight excluding hydrogens is 350 g/mol. The van der Waals surface area contributed by atoms with Gasteiger partial charge in [0, 0.05) is 45.3 Å². The molecule has 28 heavy (non-hydrogen) atoms. The predicted molar refractivity (Wildman–Crippen MR) is 111 cm³/mol. The van der Waals surface area contributed by atoms with E-state index in [0.717, 1.165) is 22.4 Å². The average molecular weight is 375 g/mol. The number of aromatic nitrogens is 3. The molecule has 144 valence electrons. The van der Waals surface area contributed by atoms with Crippen molar-refractivity contribution in [3.8, 4) is 11.1 Å². The fraction of sp³-hybridized carbons (Fsp3) is 0.273. The third-order valence-electron chi connectivity index (χ3n) is 4.68. The minimum Gasteiger partial charge on any atom is -0.347 e. The molecule has 6 nitrogen and oxygen atoms in total. The molecular formula is C22H25N5O. The summed E-state index contributed by atoms with van der Waals surface area (Å²) in [6, 6.07) is 13.7. The van der Waals surface area contributed by atoms with Crippen molar-refractivity contribution in [2.75, 3.05) is 26.0 Å². The fourth-order valence-electron chi connectivity index (χ4n) is 3.03. The van der Waals surface area contributed by atoms with E-state index in [-0.39, 0.29) is 11.8 Å². The summed E-state index contributed by atoms with van der Waals surface area (Å²) in [7, 11) is 5.62. The molecule has 0 radical (unpaired) electrons. The van der Waals surface area contributed by atoms with Crippen LogP contribution in [0.25, 0.3) is 11.1 Å². The minimum absolute atomic E-state index is 0.0527. The SMILES string of the molecule is C[C@H](C(=O)N(C)Cc1nc(N(C)C)ncc1-c1ccncc1)c1ccccc1. The molecule has 0 aliphatic heterocycles. The Morgan fingerprint density at radius 2 is 1.71 bits per heavy atom.